The van der Waals surface area contributed by atoms with E-state index >= 15 is 0 Å². The van der Waals surface area contributed by atoms with Crippen LogP contribution in [0.15, 0.2) is 103 Å². The van der Waals surface area contributed by atoms with Gasteiger partial charge in [0.15, 0.2) is 0 Å². The lowest BCUT2D eigenvalue weighted by Gasteiger charge is -2.27. The van der Waals surface area contributed by atoms with Gasteiger partial charge >= 0.3 is 0 Å². The third-order valence-corrected chi connectivity index (χ3v) is 10.2. The maximum atomic E-state index is 2.54. The topological polar surface area (TPSA) is 0 Å². The van der Waals surface area contributed by atoms with Gasteiger partial charge in [0.25, 0.3) is 0 Å². The summed E-state index contributed by atoms with van der Waals surface area (Å²) in [5.41, 5.74) is 1.55. The zero-order valence-electron chi connectivity index (χ0n) is 16.8. The van der Waals surface area contributed by atoms with Gasteiger partial charge in [-0.05, 0) is 68.2 Å². The molecule has 1 heteroatoms. The van der Waals surface area contributed by atoms with E-state index in [1.165, 1.54) is 41.6 Å². The molecule has 1 saturated carbocycles. The van der Waals surface area contributed by atoms with Crippen LogP contribution in [-0.4, -0.2) is 6.16 Å². The van der Waals surface area contributed by atoms with Gasteiger partial charge in [0, 0.05) is 0 Å². The fourth-order valence-corrected chi connectivity index (χ4v) is 8.20. The predicted octanol–water partition coefficient (Wildman–Crippen LogP) is 6.12. The highest BCUT2D eigenvalue weighted by molar-refractivity contribution is 7.95. The summed E-state index contributed by atoms with van der Waals surface area (Å²) in [5, 5.41) is 4.41. The molecule has 142 valence electrons. The van der Waals surface area contributed by atoms with Gasteiger partial charge in [-0.15, -0.1) is 0 Å². The van der Waals surface area contributed by atoms with Crippen molar-refractivity contribution < 1.29 is 0 Å². The molecule has 0 N–H and O–H groups in total. The zero-order chi connectivity index (χ0) is 19.2. The molecule has 4 rings (SSSR count). The van der Waals surface area contributed by atoms with Crippen molar-refractivity contribution in [2.45, 2.75) is 32.6 Å². The Labute approximate surface area is 170 Å². The molecule has 1 aliphatic rings. The van der Waals surface area contributed by atoms with Crippen molar-refractivity contribution >= 4 is 23.2 Å². The van der Waals surface area contributed by atoms with Crippen molar-refractivity contribution in [3.63, 3.8) is 0 Å². The summed E-state index contributed by atoms with van der Waals surface area (Å²) in [6.07, 6.45) is 9.16. The molecule has 0 aromatic heterocycles. The summed E-state index contributed by atoms with van der Waals surface area (Å²) in [6, 6.07) is 33.6. The molecule has 1 fully saturated rings. The Morgan fingerprint density at radius 3 is 1.57 bits per heavy atom. The zero-order valence-corrected chi connectivity index (χ0v) is 17.7. The Morgan fingerprint density at radius 1 is 0.750 bits per heavy atom. The standard InChI is InChI=1S/C27H30P/c1-23(17-18-24-19-20-24)21-22-28(25-11-5-2-6-12-25,26-13-7-3-8-14-26)27-15-9-4-10-16-27/h2-16,21,24H,17-20,22H2,1H3/q+1. The quantitative estimate of drug-likeness (QED) is 0.324. The second-order valence-electron chi connectivity index (χ2n) is 8.03. The summed E-state index contributed by atoms with van der Waals surface area (Å²) in [6.45, 7) is 2.33. The van der Waals surface area contributed by atoms with Crippen LogP contribution in [0, 0.1) is 5.92 Å². The molecule has 3 aromatic carbocycles. The second-order valence-corrected chi connectivity index (χ2v) is 11.6. The van der Waals surface area contributed by atoms with Crippen LogP contribution >= 0.6 is 7.26 Å². The van der Waals surface area contributed by atoms with E-state index in [1.54, 1.807) is 5.57 Å². The van der Waals surface area contributed by atoms with Gasteiger partial charge in [-0.3, -0.25) is 0 Å². The van der Waals surface area contributed by atoms with Crippen molar-refractivity contribution in [2.75, 3.05) is 6.16 Å². The van der Waals surface area contributed by atoms with Crippen LogP contribution < -0.4 is 15.9 Å². The predicted molar refractivity (Wildman–Crippen MR) is 126 cm³/mol. The Morgan fingerprint density at radius 2 is 1.18 bits per heavy atom. The van der Waals surface area contributed by atoms with E-state index < -0.39 is 7.26 Å². The molecule has 0 heterocycles. The Bertz CT molecular complexity index is 796. The molecule has 1 aliphatic carbocycles. The molecule has 0 atom stereocenters. The largest absolute Gasteiger partial charge is 0.115 e. The molecule has 0 amide bonds. The van der Waals surface area contributed by atoms with E-state index in [2.05, 4.69) is 104 Å². The monoisotopic (exact) mass is 385 g/mol. The second kappa shape index (κ2) is 8.89. The number of hydrogen-bond acceptors (Lipinski definition) is 0. The summed E-state index contributed by atoms with van der Waals surface area (Å²) in [4.78, 5) is 0. The lowest BCUT2D eigenvalue weighted by molar-refractivity contribution is 0.721. The molecule has 0 radical (unpaired) electrons. The molecule has 28 heavy (non-hydrogen) atoms. The number of hydrogen-bond donors (Lipinski definition) is 0. The van der Waals surface area contributed by atoms with Crippen molar-refractivity contribution in [1.29, 1.82) is 0 Å². The van der Waals surface area contributed by atoms with Crippen LogP contribution in [0.3, 0.4) is 0 Å². The van der Waals surface area contributed by atoms with Crippen LogP contribution in [0.2, 0.25) is 0 Å². The summed E-state index contributed by atoms with van der Waals surface area (Å²) in [5.74, 6) is 1.00. The van der Waals surface area contributed by atoms with Crippen LogP contribution in [0.5, 0.6) is 0 Å². The number of rotatable bonds is 8. The molecule has 0 nitrogen and oxygen atoms in total. The third kappa shape index (κ3) is 4.29. The van der Waals surface area contributed by atoms with Crippen molar-refractivity contribution in [1.82, 2.24) is 0 Å². The molecule has 3 aromatic rings. The Kier molecular flexibility index (Phi) is 6.08. The SMILES string of the molecule is CC(=CC[P+](c1ccccc1)(c1ccccc1)c1ccccc1)CCC1CC1. The van der Waals surface area contributed by atoms with Crippen LogP contribution in [0.1, 0.15) is 32.6 Å². The average molecular weight is 386 g/mol. The minimum Gasteiger partial charge on any atom is -0.0737 e. The van der Waals surface area contributed by atoms with E-state index in [9.17, 15) is 0 Å². The first-order valence-corrected chi connectivity index (χ1v) is 12.5. The van der Waals surface area contributed by atoms with Crippen molar-refractivity contribution in [3.8, 4) is 0 Å². The van der Waals surface area contributed by atoms with Gasteiger partial charge in [0.2, 0.25) is 0 Å². The molecular weight excluding hydrogens is 355 g/mol. The molecule has 0 spiro atoms. The first-order valence-electron chi connectivity index (χ1n) is 10.5. The fraction of sp³-hybridized carbons (Fsp3) is 0.259. The highest BCUT2D eigenvalue weighted by Crippen LogP contribution is 2.55. The summed E-state index contributed by atoms with van der Waals surface area (Å²) in [7, 11) is -1.72. The van der Waals surface area contributed by atoms with E-state index in [0.29, 0.717) is 0 Å². The van der Waals surface area contributed by atoms with E-state index in [0.717, 1.165) is 12.1 Å². The van der Waals surface area contributed by atoms with Gasteiger partial charge in [-0.25, -0.2) is 0 Å². The minimum absolute atomic E-state index is 1.00. The molecular formula is C27H30P+. The van der Waals surface area contributed by atoms with Gasteiger partial charge in [0.05, 0.1) is 6.16 Å². The third-order valence-electron chi connectivity index (χ3n) is 5.95. The lowest BCUT2D eigenvalue weighted by Crippen LogP contribution is -2.33. The first-order chi connectivity index (χ1) is 13.8. The number of benzene rings is 3. The van der Waals surface area contributed by atoms with E-state index in [1.807, 2.05) is 0 Å². The fourth-order valence-electron chi connectivity index (χ4n) is 4.04. The molecule has 0 saturated heterocycles. The summed E-state index contributed by atoms with van der Waals surface area (Å²) < 4.78 is 0. The maximum Gasteiger partial charge on any atom is 0.115 e. The molecule has 0 bridgehead atoms. The van der Waals surface area contributed by atoms with Gasteiger partial charge < -0.3 is 0 Å². The normalized spacial score (nSPS) is 14.8. The lowest BCUT2D eigenvalue weighted by atomic mass is 10.1. The van der Waals surface area contributed by atoms with Gasteiger partial charge in [-0.1, -0.05) is 73.0 Å². The summed E-state index contributed by atoms with van der Waals surface area (Å²) >= 11 is 0. The Balaban J connectivity index is 1.79. The van der Waals surface area contributed by atoms with Crippen molar-refractivity contribution in [3.05, 3.63) is 103 Å². The van der Waals surface area contributed by atoms with Crippen LogP contribution in [-0.2, 0) is 0 Å². The highest BCUT2D eigenvalue weighted by Gasteiger charge is 2.44. The first kappa shape index (κ1) is 19.2. The minimum atomic E-state index is -1.72. The molecule has 0 aliphatic heterocycles. The van der Waals surface area contributed by atoms with E-state index in [-0.39, 0.29) is 0 Å². The van der Waals surface area contributed by atoms with Crippen molar-refractivity contribution in [2.24, 2.45) is 5.92 Å². The van der Waals surface area contributed by atoms with Crippen LogP contribution in [0.4, 0.5) is 0 Å². The highest BCUT2D eigenvalue weighted by atomic mass is 31.2. The van der Waals surface area contributed by atoms with Crippen LogP contribution in [0.25, 0.3) is 0 Å². The average Bonchev–Trinajstić information content (AvgIpc) is 3.60. The molecule has 0 unspecified atom stereocenters. The van der Waals surface area contributed by atoms with E-state index in [4.69, 9.17) is 0 Å². The Hall–Kier alpha value is -2.17. The van der Waals surface area contributed by atoms with Gasteiger partial charge in [-0.2, -0.15) is 0 Å². The maximum absolute atomic E-state index is 2.54. The number of allylic oxidation sites excluding steroid dienone is 2. The van der Waals surface area contributed by atoms with Gasteiger partial charge in [0.1, 0.15) is 23.2 Å². The smallest absolute Gasteiger partial charge is 0.0737 e.